The number of thiazole rings is 1. The van der Waals surface area contributed by atoms with E-state index >= 15 is 0 Å². The third-order valence-corrected chi connectivity index (χ3v) is 8.83. The van der Waals surface area contributed by atoms with E-state index in [4.69, 9.17) is 0 Å². The number of hydrogen-bond acceptors (Lipinski definition) is 6. The first-order chi connectivity index (χ1) is 14.4. The number of aromatic nitrogens is 1. The molecule has 6 nitrogen and oxygen atoms in total. The number of nitrogens with one attached hydrogen (secondary N) is 1. The molecule has 1 unspecified atom stereocenters. The lowest BCUT2D eigenvalue weighted by molar-refractivity contribution is -0.115. The summed E-state index contributed by atoms with van der Waals surface area (Å²) in [5.74, 6) is 0.191. The monoisotopic (exact) mass is 461 g/mol. The Bertz CT molecular complexity index is 1110. The SMILES string of the molecule is CC1CCCN(S(=O)(=O)c2ccc(NC(=O)Cc3csc(-c4cccs4)n3)cc2)C1. The smallest absolute Gasteiger partial charge is 0.243 e. The van der Waals surface area contributed by atoms with Crippen molar-refractivity contribution in [3.8, 4) is 9.88 Å². The van der Waals surface area contributed by atoms with Crippen LogP contribution in [0.1, 0.15) is 25.5 Å². The highest BCUT2D eigenvalue weighted by Gasteiger charge is 2.28. The molecular weight excluding hydrogens is 438 g/mol. The van der Waals surface area contributed by atoms with E-state index in [0.29, 0.717) is 24.7 Å². The second kappa shape index (κ2) is 8.97. The molecule has 3 aromatic rings. The number of amides is 1. The number of nitrogens with zero attached hydrogens (tertiary/aromatic N) is 2. The maximum Gasteiger partial charge on any atom is 0.243 e. The third kappa shape index (κ3) is 4.80. The second-order valence-electron chi connectivity index (χ2n) is 7.48. The molecule has 158 valence electrons. The summed E-state index contributed by atoms with van der Waals surface area (Å²) >= 11 is 3.14. The zero-order chi connectivity index (χ0) is 21.1. The van der Waals surface area contributed by atoms with Gasteiger partial charge in [-0.2, -0.15) is 4.31 Å². The van der Waals surface area contributed by atoms with Crippen LogP contribution in [-0.2, 0) is 21.2 Å². The molecule has 1 amide bonds. The van der Waals surface area contributed by atoms with Crippen molar-refractivity contribution in [2.75, 3.05) is 18.4 Å². The van der Waals surface area contributed by atoms with Gasteiger partial charge >= 0.3 is 0 Å². The molecule has 3 heterocycles. The van der Waals surface area contributed by atoms with Gasteiger partial charge in [0.05, 0.1) is 21.9 Å². The molecular formula is C21H23N3O3S3. The van der Waals surface area contributed by atoms with Crippen LogP contribution in [0.4, 0.5) is 5.69 Å². The Labute approximate surface area is 184 Å². The van der Waals surface area contributed by atoms with Gasteiger partial charge in [-0.25, -0.2) is 13.4 Å². The van der Waals surface area contributed by atoms with Gasteiger partial charge in [0.15, 0.2) is 0 Å². The van der Waals surface area contributed by atoms with Gasteiger partial charge in [-0.1, -0.05) is 13.0 Å². The Kier molecular flexibility index (Phi) is 6.33. The number of benzene rings is 1. The average molecular weight is 462 g/mol. The van der Waals surface area contributed by atoms with E-state index in [1.165, 1.54) is 11.3 Å². The van der Waals surface area contributed by atoms with Crippen LogP contribution in [0.25, 0.3) is 9.88 Å². The Morgan fingerprint density at radius 3 is 2.73 bits per heavy atom. The number of anilines is 1. The standard InChI is InChI=1S/C21H23N3O3S3/c1-15-4-2-10-24(13-15)30(26,27)18-8-6-16(7-9-18)22-20(25)12-17-14-29-21(23-17)19-5-3-11-28-19/h3,5-9,11,14-15H,2,4,10,12-13H2,1H3,(H,22,25). The van der Waals surface area contributed by atoms with Gasteiger partial charge in [-0.15, -0.1) is 22.7 Å². The minimum atomic E-state index is -3.49. The molecule has 2 aromatic heterocycles. The van der Waals surface area contributed by atoms with E-state index < -0.39 is 10.0 Å². The quantitative estimate of drug-likeness (QED) is 0.587. The van der Waals surface area contributed by atoms with Gasteiger partial charge in [0.2, 0.25) is 15.9 Å². The minimum Gasteiger partial charge on any atom is -0.326 e. The molecule has 1 fully saturated rings. The summed E-state index contributed by atoms with van der Waals surface area (Å²) in [5.41, 5.74) is 1.29. The molecule has 0 bridgehead atoms. The highest BCUT2D eigenvalue weighted by molar-refractivity contribution is 7.89. The van der Waals surface area contributed by atoms with E-state index in [1.54, 1.807) is 39.9 Å². The van der Waals surface area contributed by atoms with Crippen molar-refractivity contribution in [2.24, 2.45) is 5.92 Å². The van der Waals surface area contributed by atoms with Crippen molar-refractivity contribution >= 4 is 44.3 Å². The van der Waals surface area contributed by atoms with E-state index in [0.717, 1.165) is 28.4 Å². The lowest BCUT2D eigenvalue weighted by Crippen LogP contribution is -2.39. The molecule has 30 heavy (non-hydrogen) atoms. The summed E-state index contributed by atoms with van der Waals surface area (Å²) in [7, 11) is -3.49. The summed E-state index contributed by atoms with van der Waals surface area (Å²) in [6.07, 6.45) is 2.12. The van der Waals surface area contributed by atoms with Crippen LogP contribution in [0.15, 0.2) is 52.1 Å². The van der Waals surface area contributed by atoms with E-state index in [9.17, 15) is 13.2 Å². The van der Waals surface area contributed by atoms with Crippen LogP contribution in [0.5, 0.6) is 0 Å². The first kappa shape index (κ1) is 21.2. The number of rotatable bonds is 6. The highest BCUT2D eigenvalue weighted by Crippen LogP contribution is 2.28. The summed E-state index contributed by atoms with van der Waals surface area (Å²) in [6, 6.07) is 10.4. The molecule has 1 aliphatic heterocycles. The van der Waals surface area contributed by atoms with Crippen molar-refractivity contribution < 1.29 is 13.2 Å². The molecule has 0 aliphatic carbocycles. The van der Waals surface area contributed by atoms with E-state index in [-0.39, 0.29) is 17.2 Å². The largest absolute Gasteiger partial charge is 0.326 e. The third-order valence-electron chi connectivity index (χ3n) is 5.02. The van der Waals surface area contributed by atoms with E-state index in [2.05, 4.69) is 17.2 Å². The maximum absolute atomic E-state index is 12.8. The van der Waals surface area contributed by atoms with Gasteiger partial charge in [0.25, 0.3) is 0 Å². The first-order valence-corrected chi connectivity index (χ1v) is 13.0. The van der Waals surface area contributed by atoms with Crippen LogP contribution < -0.4 is 5.32 Å². The van der Waals surface area contributed by atoms with Gasteiger partial charge in [0.1, 0.15) is 5.01 Å². The fourth-order valence-electron chi connectivity index (χ4n) is 3.50. The van der Waals surface area contributed by atoms with Gasteiger partial charge in [0, 0.05) is 24.2 Å². The number of hydrogen-bond donors (Lipinski definition) is 1. The zero-order valence-corrected chi connectivity index (χ0v) is 19.0. The van der Waals surface area contributed by atoms with Crippen LogP contribution in [0.3, 0.4) is 0 Å². The summed E-state index contributed by atoms with van der Waals surface area (Å²) in [4.78, 5) is 18.2. The minimum absolute atomic E-state index is 0.174. The Morgan fingerprint density at radius 1 is 1.23 bits per heavy atom. The summed E-state index contributed by atoms with van der Waals surface area (Å²) in [5, 5.41) is 7.62. The second-order valence-corrected chi connectivity index (χ2v) is 11.2. The van der Waals surface area contributed by atoms with Crippen molar-refractivity contribution in [1.29, 1.82) is 0 Å². The molecule has 4 rings (SSSR count). The highest BCUT2D eigenvalue weighted by atomic mass is 32.2. The van der Waals surface area contributed by atoms with Gasteiger partial charge in [-0.3, -0.25) is 4.79 Å². The first-order valence-electron chi connectivity index (χ1n) is 9.80. The Hall–Kier alpha value is -2.07. The van der Waals surface area contributed by atoms with Crippen molar-refractivity contribution in [3.05, 3.63) is 52.9 Å². The topological polar surface area (TPSA) is 79.4 Å². The molecule has 0 saturated carbocycles. The summed E-state index contributed by atoms with van der Waals surface area (Å²) < 4.78 is 27.2. The molecule has 1 N–H and O–H groups in total. The van der Waals surface area contributed by atoms with Crippen LogP contribution in [0, 0.1) is 5.92 Å². The predicted molar refractivity (Wildman–Crippen MR) is 121 cm³/mol. The normalized spacial score (nSPS) is 17.7. The van der Waals surface area contributed by atoms with Crippen molar-refractivity contribution in [2.45, 2.75) is 31.1 Å². The molecule has 1 saturated heterocycles. The van der Waals surface area contributed by atoms with Crippen LogP contribution in [-0.4, -0.2) is 36.7 Å². The van der Waals surface area contributed by atoms with Crippen molar-refractivity contribution in [3.63, 3.8) is 0 Å². The van der Waals surface area contributed by atoms with E-state index in [1.807, 2.05) is 22.9 Å². The number of sulfonamides is 1. The molecule has 0 radical (unpaired) electrons. The lowest BCUT2D eigenvalue weighted by Gasteiger charge is -2.30. The van der Waals surface area contributed by atoms with Crippen molar-refractivity contribution in [1.82, 2.24) is 9.29 Å². The number of carbonyl (C=O) groups excluding carboxylic acids is 1. The van der Waals surface area contributed by atoms with Gasteiger partial charge < -0.3 is 5.32 Å². The Balaban J connectivity index is 1.38. The molecule has 1 atom stereocenters. The number of thiophene rings is 1. The number of carbonyl (C=O) groups is 1. The zero-order valence-electron chi connectivity index (χ0n) is 16.6. The Morgan fingerprint density at radius 2 is 2.03 bits per heavy atom. The molecule has 1 aliphatic rings. The number of piperidine rings is 1. The average Bonchev–Trinajstić information content (AvgIpc) is 3.40. The van der Waals surface area contributed by atoms with Crippen LogP contribution >= 0.6 is 22.7 Å². The maximum atomic E-state index is 12.8. The predicted octanol–water partition coefficient (Wildman–Crippen LogP) is 4.47. The van der Waals surface area contributed by atoms with Gasteiger partial charge in [-0.05, 0) is 54.5 Å². The fraction of sp³-hybridized carbons (Fsp3) is 0.333. The van der Waals surface area contributed by atoms with Crippen LogP contribution in [0.2, 0.25) is 0 Å². The lowest BCUT2D eigenvalue weighted by atomic mass is 10.0. The molecule has 0 spiro atoms. The molecule has 1 aromatic carbocycles. The molecule has 9 heteroatoms. The summed E-state index contributed by atoms with van der Waals surface area (Å²) in [6.45, 7) is 3.19. The fourth-order valence-corrected chi connectivity index (χ4v) is 6.73.